The van der Waals surface area contributed by atoms with E-state index in [0.29, 0.717) is 12.2 Å². The van der Waals surface area contributed by atoms with Crippen molar-refractivity contribution in [3.8, 4) is 0 Å². The minimum Gasteiger partial charge on any atom is -0.478 e. The van der Waals surface area contributed by atoms with Crippen LogP contribution in [0, 0.1) is 0 Å². The third-order valence-corrected chi connectivity index (χ3v) is 3.11. The van der Waals surface area contributed by atoms with E-state index in [-0.39, 0.29) is 0 Å². The van der Waals surface area contributed by atoms with E-state index in [2.05, 4.69) is 16.3 Å². The van der Waals surface area contributed by atoms with Gasteiger partial charge in [0.1, 0.15) is 0 Å². The zero-order valence-corrected chi connectivity index (χ0v) is 12.8. The number of nitrogens with one attached hydrogen (secondary N) is 1. The van der Waals surface area contributed by atoms with Crippen LogP contribution in [0.4, 0.5) is 0 Å². The fourth-order valence-corrected chi connectivity index (χ4v) is 2.12. The van der Waals surface area contributed by atoms with Crippen molar-refractivity contribution < 1.29 is 19.8 Å². The Bertz CT molecular complexity index is 512. The van der Waals surface area contributed by atoms with Gasteiger partial charge in [-0.1, -0.05) is 23.7 Å². The van der Waals surface area contributed by atoms with Crippen LogP contribution in [-0.2, 0) is 16.1 Å². The predicted octanol–water partition coefficient (Wildman–Crippen LogP) is 1.46. The summed E-state index contributed by atoms with van der Waals surface area (Å²) in [5.74, 6) is -2.51. The average Bonchev–Trinajstić information content (AvgIpc) is 2.47. The van der Waals surface area contributed by atoms with Crippen molar-refractivity contribution in [2.75, 3.05) is 26.2 Å². The SMILES string of the molecule is Clc1cccc(CN2CCNCC2)c1.O=C(O)/C=C\C(=O)O. The van der Waals surface area contributed by atoms with Crippen LogP contribution >= 0.6 is 11.6 Å². The zero-order valence-electron chi connectivity index (χ0n) is 12.0. The lowest BCUT2D eigenvalue weighted by molar-refractivity contribution is -0.134. The number of rotatable bonds is 4. The van der Waals surface area contributed by atoms with E-state index in [1.165, 1.54) is 5.56 Å². The molecule has 0 atom stereocenters. The Kier molecular flexibility index (Phi) is 8.21. The first-order chi connectivity index (χ1) is 10.5. The number of halogens is 1. The van der Waals surface area contributed by atoms with Crippen LogP contribution in [0.3, 0.4) is 0 Å². The predicted molar refractivity (Wildman–Crippen MR) is 84.0 cm³/mol. The fraction of sp³-hybridized carbons (Fsp3) is 0.333. The molecule has 0 bridgehead atoms. The van der Waals surface area contributed by atoms with E-state index in [9.17, 15) is 9.59 Å². The standard InChI is InChI=1S/C11H15ClN2.C4H4O4/c12-11-3-1-2-10(8-11)9-14-6-4-13-5-7-14;5-3(6)1-2-4(7)8/h1-3,8,13H,4-7,9H2;1-2H,(H,5,6)(H,7,8)/b;2-1-. The van der Waals surface area contributed by atoms with Crippen molar-refractivity contribution in [1.29, 1.82) is 0 Å². The summed E-state index contributed by atoms with van der Waals surface area (Å²) in [6, 6.07) is 8.11. The minimum atomic E-state index is -1.26. The number of nitrogens with zero attached hydrogens (tertiary/aromatic N) is 1. The van der Waals surface area contributed by atoms with Crippen molar-refractivity contribution in [3.63, 3.8) is 0 Å². The van der Waals surface area contributed by atoms with Crippen molar-refractivity contribution in [3.05, 3.63) is 47.0 Å². The van der Waals surface area contributed by atoms with E-state index in [1.807, 2.05) is 18.2 Å². The van der Waals surface area contributed by atoms with E-state index in [0.717, 1.165) is 37.7 Å². The topological polar surface area (TPSA) is 89.9 Å². The van der Waals surface area contributed by atoms with Crippen LogP contribution in [0.1, 0.15) is 5.56 Å². The number of aliphatic carboxylic acids is 2. The molecule has 0 aliphatic carbocycles. The molecule has 0 aromatic heterocycles. The molecule has 2 rings (SSSR count). The van der Waals surface area contributed by atoms with Crippen LogP contribution in [0.25, 0.3) is 0 Å². The van der Waals surface area contributed by atoms with Crippen molar-refractivity contribution in [2.24, 2.45) is 0 Å². The van der Waals surface area contributed by atoms with Gasteiger partial charge in [0.15, 0.2) is 0 Å². The highest BCUT2D eigenvalue weighted by Crippen LogP contribution is 2.12. The van der Waals surface area contributed by atoms with Crippen LogP contribution in [0.2, 0.25) is 5.02 Å². The summed E-state index contributed by atoms with van der Waals surface area (Å²) in [6.45, 7) is 5.47. The Morgan fingerprint density at radius 1 is 1.18 bits per heavy atom. The van der Waals surface area contributed by atoms with E-state index in [4.69, 9.17) is 21.8 Å². The first kappa shape index (κ1) is 18.2. The quantitative estimate of drug-likeness (QED) is 0.726. The van der Waals surface area contributed by atoms with Gasteiger partial charge in [-0.05, 0) is 17.7 Å². The van der Waals surface area contributed by atoms with Crippen LogP contribution in [0.15, 0.2) is 36.4 Å². The molecule has 7 heteroatoms. The molecule has 3 N–H and O–H groups in total. The highest BCUT2D eigenvalue weighted by atomic mass is 35.5. The maximum absolute atomic E-state index is 9.55. The molecule has 1 fully saturated rings. The van der Waals surface area contributed by atoms with Gasteiger partial charge in [0.05, 0.1) is 0 Å². The van der Waals surface area contributed by atoms with Gasteiger partial charge in [-0.25, -0.2) is 9.59 Å². The highest BCUT2D eigenvalue weighted by molar-refractivity contribution is 6.30. The molecule has 22 heavy (non-hydrogen) atoms. The maximum atomic E-state index is 9.55. The lowest BCUT2D eigenvalue weighted by Crippen LogP contribution is -2.42. The fourth-order valence-electron chi connectivity index (χ4n) is 1.91. The van der Waals surface area contributed by atoms with Gasteiger partial charge < -0.3 is 15.5 Å². The van der Waals surface area contributed by atoms with E-state index >= 15 is 0 Å². The minimum absolute atomic E-state index is 0.558. The lowest BCUT2D eigenvalue weighted by Gasteiger charge is -2.27. The molecule has 0 saturated carbocycles. The Labute approximate surface area is 134 Å². The number of carbonyl (C=O) groups is 2. The van der Waals surface area contributed by atoms with Crippen molar-refractivity contribution in [1.82, 2.24) is 10.2 Å². The number of piperazine rings is 1. The molecule has 1 heterocycles. The van der Waals surface area contributed by atoms with Gasteiger partial charge in [0.2, 0.25) is 0 Å². The monoisotopic (exact) mass is 326 g/mol. The molecule has 1 aliphatic rings. The van der Waals surface area contributed by atoms with E-state index < -0.39 is 11.9 Å². The summed E-state index contributed by atoms with van der Waals surface area (Å²) in [7, 11) is 0. The number of benzene rings is 1. The van der Waals surface area contributed by atoms with Gasteiger partial charge in [0.25, 0.3) is 0 Å². The third-order valence-electron chi connectivity index (χ3n) is 2.87. The molecule has 0 unspecified atom stereocenters. The second kappa shape index (κ2) is 9.94. The second-order valence-corrected chi connectivity index (χ2v) is 5.10. The van der Waals surface area contributed by atoms with Crippen molar-refractivity contribution >= 4 is 23.5 Å². The number of hydrogen-bond donors (Lipinski definition) is 3. The number of carboxylic acid groups (broad SMARTS) is 2. The molecular formula is C15H19ClN2O4. The molecule has 0 radical (unpaired) electrons. The molecule has 1 aliphatic heterocycles. The molecule has 0 spiro atoms. The molecule has 6 nitrogen and oxygen atoms in total. The number of carboxylic acids is 2. The molecule has 1 aromatic rings. The van der Waals surface area contributed by atoms with Gasteiger partial charge in [-0.15, -0.1) is 0 Å². The van der Waals surface area contributed by atoms with Crippen LogP contribution in [-0.4, -0.2) is 53.2 Å². The number of hydrogen-bond acceptors (Lipinski definition) is 4. The molecular weight excluding hydrogens is 308 g/mol. The summed E-state index contributed by atoms with van der Waals surface area (Å²) in [5, 5.41) is 19.8. The van der Waals surface area contributed by atoms with Gasteiger partial charge in [-0.3, -0.25) is 4.90 Å². The smallest absolute Gasteiger partial charge is 0.328 e. The molecule has 0 amide bonds. The van der Waals surface area contributed by atoms with Gasteiger partial charge in [-0.2, -0.15) is 0 Å². The Balaban J connectivity index is 0.000000261. The normalized spacial score (nSPS) is 15.1. The summed E-state index contributed by atoms with van der Waals surface area (Å²) < 4.78 is 0. The zero-order chi connectivity index (χ0) is 16.4. The van der Waals surface area contributed by atoms with Gasteiger partial charge in [0, 0.05) is 49.9 Å². The maximum Gasteiger partial charge on any atom is 0.328 e. The molecule has 1 saturated heterocycles. The molecule has 1 aromatic carbocycles. The lowest BCUT2D eigenvalue weighted by atomic mass is 10.2. The highest BCUT2D eigenvalue weighted by Gasteiger charge is 2.09. The van der Waals surface area contributed by atoms with E-state index in [1.54, 1.807) is 0 Å². The Hall–Kier alpha value is -1.89. The van der Waals surface area contributed by atoms with Crippen molar-refractivity contribution in [2.45, 2.75) is 6.54 Å². The first-order valence-electron chi connectivity index (χ1n) is 6.79. The largest absolute Gasteiger partial charge is 0.478 e. The van der Waals surface area contributed by atoms with Crippen LogP contribution in [0.5, 0.6) is 0 Å². The average molecular weight is 327 g/mol. The van der Waals surface area contributed by atoms with Crippen LogP contribution < -0.4 is 5.32 Å². The Morgan fingerprint density at radius 3 is 2.27 bits per heavy atom. The van der Waals surface area contributed by atoms with Gasteiger partial charge >= 0.3 is 11.9 Å². The third kappa shape index (κ3) is 8.41. The summed E-state index contributed by atoms with van der Waals surface area (Å²) >= 11 is 5.93. The first-order valence-corrected chi connectivity index (χ1v) is 7.16. The summed E-state index contributed by atoms with van der Waals surface area (Å²) in [4.78, 5) is 21.6. The molecule has 120 valence electrons. The summed E-state index contributed by atoms with van der Waals surface area (Å²) in [6.07, 6.45) is 1.12. The summed E-state index contributed by atoms with van der Waals surface area (Å²) in [5.41, 5.74) is 1.31. The Morgan fingerprint density at radius 2 is 1.77 bits per heavy atom. The second-order valence-electron chi connectivity index (χ2n) is 4.67.